The Bertz CT molecular complexity index is 356. The Morgan fingerprint density at radius 2 is 1.32 bits per heavy atom. The average molecular weight is 398 g/mol. The molecule has 0 amide bonds. The molecule has 0 saturated heterocycles. The average Bonchev–Trinajstić information content (AvgIpc) is 2.67. The van der Waals surface area contributed by atoms with Crippen molar-refractivity contribution >= 4 is 5.97 Å². The maximum Gasteiger partial charge on any atom is 0.305 e. The highest BCUT2D eigenvalue weighted by atomic mass is 16.6. The first-order valence-electron chi connectivity index (χ1n) is 11.7. The summed E-state index contributed by atoms with van der Waals surface area (Å²) in [6.45, 7) is 4.70. The minimum absolute atomic E-state index is 0.0890. The minimum Gasteiger partial charge on any atom is -0.463 e. The van der Waals surface area contributed by atoms with Crippen LogP contribution in [0.4, 0.5) is 0 Å². The van der Waals surface area contributed by atoms with Crippen LogP contribution in [0.25, 0.3) is 0 Å². The summed E-state index contributed by atoms with van der Waals surface area (Å²) in [6.07, 6.45) is 21.8. The number of hydrogen-bond acceptors (Lipinski definition) is 4. The first-order chi connectivity index (χ1) is 13.7. The van der Waals surface area contributed by atoms with Crippen molar-refractivity contribution in [3.8, 4) is 0 Å². The van der Waals surface area contributed by atoms with Crippen LogP contribution in [0.5, 0.6) is 0 Å². The quantitative estimate of drug-likeness (QED) is 0.132. The fourth-order valence-corrected chi connectivity index (χ4v) is 2.98. The first-order valence-corrected chi connectivity index (χ1v) is 11.7. The lowest BCUT2D eigenvalue weighted by atomic mass is 10.1. The number of carbonyl (C=O) groups is 1. The van der Waals surface area contributed by atoms with Crippen LogP contribution in [0.1, 0.15) is 96.8 Å². The number of allylic oxidation sites excluding steroid dienone is 2. The van der Waals surface area contributed by atoms with E-state index in [0.29, 0.717) is 26.2 Å². The van der Waals surface area contributed by atoms with Gasteiger partial charge in [-0.15, -0.1) is 0 Å². The normalized spacial score (nSPS) is 11.6. The Morgan fingerprint density at radius 3 is 1.93 bits per heavy atom. The van der Waals surface area contributed by atoms with Crippen molar-refractivity contribution < 1.29 is 14.3 Å². The van der Waals surface area contributed by atoms with Crippen molar-refractivity contribution in [2.24, 2.45) is 0 Å². The van der Waals surface area contributed by atoms with Crippen LogP contribution in [0, 0.1) is 0 Å². The van der Waals surface area contributed by atoms with Gasteiger partial charge in [-0.1, -0.05) is 70.4 Å². The number of rotatable bonds is 21. The molecule has 0 spiro atoms. The number of hydrogen-bond donors (Lipinski definition) is 0. The fourth-order valence-electron chi connectivity index (χ4n) is 2.98. The molecule has 0 bridgehead atoms. The van der Waals surface area contributed by atoms with Gasteiger partial charge in [0.2, 0.25) is 0 Å². The highest BCUT2D eigenvalue weighted by molar-refractivity contribution is 5.69. The summed E-state index contributed by atoms with van der Waals surface area (Å²) in [4.78, 5) is 13.7. The van der Waals surface area contributed by atoms with E-state index in [1.165, 1.54) is 70.6 Å². The lowest BCUT2D eigenvalue weighted by Gasteiger charge is -2.10. The predicted octanol–water partition coefficient (Wildman–Crippen LogP) is 6.15. The van der Waals surface area contributed by atoms with Crippen molar-refractivity contribution in [1.82, 2.24) is 4.90 Å². The number of esters is 1. The molecular formula is C24H47NO3. The van der Waals surface area contributed by atoms with Gasteiger partial charge in [-0.2, -0.15) is 0 Å². The topological polar surface area (TPSA) is 38.8 Å². The summed E-state index contributed by atoms with van der Waals surface area (Å²) in [5, 5.41) is 0. The van der Waals surface area contributed by atoms with Crippen LogP contribution in [-0.4, -0.2) is 51.3 Å². The van der Waals surface area contributed by atoms with Crippen molar-refractivity contribution in [2.45, 2.75) is 96.8 Å². The third kappa shape index (κ3) is 23.2. The van der Waals surface area contributed by atoms with E-state index >= 15 is 0 Å². The lowest BCUT2D eigenvalue weighted by molar-refractivity contribution is -0.145. The Morgan fingerprint density at radius 1 is 0.750 bits per heavy atom. The van der Waals surface area contributed by atoms with E-state index in [-0.39, 0.29) is 5.97 Å². The molecule has 0 atom stereocenters. The van der Waals surface area contributed by atoms with Crippen molar-refractivity contribution in [1.29, 1.82) is 0 Å². The zero-order valence-electron chi connectivity index (χ0n) is 19.1. The number of likely N-dealkylation sites (N-methyl/N-ethyl adjacent to an activating group) is 1. The standard InChI is InChI=1S/C24H47NO3/c1-4-5-6-7-8-9-10-11-12-13-14-15-16-17-18-19-24(26)28-23-22-27-21-20-25(2)3/h11-12H,4-10,13-23H2,1-3H3/b12-11-. The molecule has 0 unspecified atom stereocenters. The SMILES string of the molecule is CCCCCCCC/C=C\CCCCCCCC(=O)OCCOCCN(C)C. The van der Waals surface area contributed by atoms with Gasteiger partial charge in [0.25, 0.3) is 0 Å². The molecule has 0 aliphatic rings. The van der Waals surface area contributed by atoms with Gasteiger partial charge < -0.3 is 14.4 Å². The monoisotopic (exact) mass is 397 g/mol. The summed E-state index contributed by atoms with van der Waals surface area (Å²) < 4.78 is 10.6. The molecule has 0 aliphatic heterocycles. The Balaban J connectivity index is 3.21. The van der Waals surface area contributed by atoms with Gasteiger partial charge in [0.1, 0.15) is 6.61 Å². The predicted molar refractivity (Wildman–Crippen MR) is 120 cm³/mol. The van der Waals surface area contributed by atoms with Gasteiger partial charge in [-0.3, -0.25) is 4.79 Å². The number of unbranched alkanes of at least 4 members (excludes halogenated alkanes) is 11. The van der Waals surface area contributed by atoms with Crippen LogP contribution in [0.2, 0.25) is 0 Å². The smallest absolute Gasteiger partial charge is 0.305 e. The summed E-state index contributed by atoms with van der Waals surface area (Å²) >= 11 is 0. The van der Waals surface area contributed by atoms with Crippen LogP contribution < -0.4 is 0 Å². The van der Waals surface area contributed by atoms with Gasteiger partial charge in [0.05, 0.1) is 13.2 Å². The Kier molecular flexibility index (Phi) is 21.7. The largest absolute Gasteiger partial charge is 0.463 e. The second-order valence-corrected chi connectivity index (χ2v) is 7.97. The van der Waals surface area contributed by atoms with Crippen molar-refractivity contribution in [3.05, 3.63) is 12.2 Å². The summed E-state index contributed by atoms with van der Waals surface area (Å²) in [5.74, 6) is -0.0890. The zero-order valence-corrected chi connectivity index (χ0v) is 19.1. The molecule has 166 valence electrons. The van der Waals surface area contributed by atoms with Gasteiger partial charge in [-0.25, -0.2) is 0 Å². The molecular weight excluding hydrogens is 350 g/mol. The van der Waals surface area contributed by atoms with Gasteiger partial charge in [-0.05, 0) is 46.2 Å². The van der Waals surface area contributed by atoms with Crippen LogP contribution in [0.15, 0.2) is 12.2 Å². The molecule has 0 N–H and O–H groups in total. The zero-order chi connectivity index (χ0) is 20.7. The lowest BCUT2D eigenvalue weighted by Crippen LogP contribution is -2.19. The molecule has 0 aliphatic carbocycles. The van der Waals surface area contributed by atoms with E-state index in [9.17, 15) is 4.79 Å². The van der Waals surface area contributed by atoms with E-state index in [1.807, 2.05) is 14.1 Å². The van der Waals surface area contributed by atoms with Crippen LogP contribution in [0.3, 0.4) is 0 Å². The molecule has 0 aromatic carbocycles. The summed E-state index contributed by atoms with van der Waals surface area (Å²) in [6, 6.07) is 0. The maximum absolute atomic E-state index is 11.6. The van der Waals surface area contributed by atoms with E-state index in [4.69, 9.17) is 9.47 Å². The second kappa shape index (κ2) is 22.4. The second-order valence-electron chi connectivity index (χ2n) is 7.97. The fraction of sp³-hybridized carbons (Fsp3) is 0.875. The van der Waals surface area contributed by atoms with Crippen LogP contribution in [-0.2, 0) is 14.3 Å². The van der Waals surface area contributed by atoms with Gasteiger partial charge >= 0.3 is 5.97 Å². The maximum atomic E-state index is 11.6. The van der Waals surface area contributed by atoms with Crippen molar-refractivity contribution in [3.63, 3.8) is 0 Å². The molecule has 0 saturated carbocycles. The number of ether oxygens (including phenoxy) is 2. The number of nitrogens with zero attached hydrogens (tertiary/aromatic N) is 1. The molecule has 0 aromatic heterocycles. The molecule has 4 heteroatoms. The number of carbonyl (C=O) groups excluding carboxylic acids is 1. The van der Waals surface area contributed by atoms with E-state index in [2.05, 4.69) is 24.0 Å². The summed E-state index contributed by atoms with van der Waals surface area (Å²) in [5.41, 5.74) is 0. The van der Waals surface area contributed by atoms with Crippen molar-refractivity contribution in [2.75, 3.05) is 40.5 Å². The van der Waals surface area contributed by atoms with Gasteiger partial charge in [0.15, 0.2) is 0 Å². The van der Waals surface area contributed by atoms with Crippen LogP contribution >= 0.6 is 0 Å². The van der Waals surface area contributed by atoms with E-state index < -0.39 is 0 Å². The molecule has 0 radical (unpaired) electrons. The van der Waals surface area contributed by atoms with E-state index in [1.54, 1.807) is 0 Å². The molecule has 28 heavy (non-hydrogen) atoms. The third-order valence-electron chi connectivity index (χ3n) is 4.82. The molecule has 0 aromatic rings. The highest BCUT2D eigenvalue weighted by Crippen LogP contribution is 2.10. The summed E-state index contributed by atoms with van der Waals surface area (Å²) in [7, 11) is 4.02. The minimum atomic E-state index is -0.0890. The Labute approximate surface area is 175 Å². The van der Waals surface area contributed by atoms with Gasteiger partial charge in [0, 0.05) is 13.0 Å². The third-order valence-corrected chi connectivity index (χ3v) is 4.82. The van der Waals surface area contributed by atoms with E-state index in [0.717, 1.165) is 19.4 Å². The first kappa shape index (κ1) is 27.1. The molecule has 4 nitrogen and oxygen atoms in total. The molecule has 0 heterocycles. The molecule has 0 fully saturated rings. The Hall–Kier alpha value is -0.870. The highest BCUT2D eigenvalue weighted by Gasteiger charge is 2.02. The molecule has 0 rings (SSSR count).